The van der Waals surface area contributed by atoms with E-state index in [1.54, 1.807) is 13.2 Å². The summed E-state index contributed by atoms with van der Waals surface area (Å²) in [5.41, 5.74) is 1.14. The first-order chi connectivity index (χ1) is 13.9. The van der Waals surface area contributed by atoms with Crippen LogP contribution in [0.1, 0.15) is 16.5 Å². The summed E-state index contributed by atoms with van der Waals surface area (Å²) >= 11 is 1.01. The molecule has 3 aromatic rings. The number of hydrogen-bond donors (Lipinski definition) is 2. The Morgan fingerprint density at radius 2 is 2.03 bits per heavy atom. The molecule has 154 valence electrons. The average molecular weight is 422 g/mol. The Labute approximate surface area is 170 Å². The smallest absolute Gasteiger partial charge is 0.356 e. The Balaban J connectivity index is 1.52. The molecule has 2 N–H and O–H groups in total. The van der Waals surface area contributed by atoms with Gasteiger partial charge in [-0.15, -0.1) is 11.3 Å². The third kappa shape index (κ3) is 5.57. The Morgan fingerprint density at radius 3 is 2.69 bits per heavy atom. The third-order valence-corrected chi connectivity index (χ3v) is 5.05. The SMILES string of the molecule is CN=C(NCCc1nc(C(F)(F)F)cs1)N(C)Cc1ncc(-c2ccccc2)[nH]1. The standard InChI is InChI=1S/C19H21F3N6S/c1-23-18(24-9-8-17-27-15(12-29-17)19(20,21)22)28(2)11-16-25-10-14(26-16)13-6-4-3-5-7-13/h3-7,10,12H,8-9,11H2,1-2H3,(H,23,24)(H,25,26). The predicted molar refractivity (Wildman–Crippen MR) is 108 cm³/mol. The van der Waals surface area contributed by atoms with Crippen molar-refractivity contribution in [2.24, 2.45) is 4.99 Å². The average Bonchev–Trinajstić information content (AvgIpc) is 3.35. The topological polar surface area (TPSA) is 69.2 Å². The molecular formula is C19H21F3N6S. The van der Waals surface area contributed by atoms with Crippen LogP contribution in [0.2, 0.25) is 0 Å². The highest BCUT2D eigenvalue weighted by Crippen LogP contribution is 2.30. The van der Waals surface area contributed by atoms with Gasteiger partial charge in [-0.25, -0.2) is 9.97 Å². The fourth-order valence-electron chi connectivity index (χ4n) is 2.73. The molecule has 0 radical (unpaired) electrons. The van der Waals surface area contributed by atoms with Gasteiger partial charge >= 0.3 is 6.18 Å². The number of nitrogens with one attached hydrogen (secondary N) is 2. The summed E-state index contributed by atoms with van der Waals surface area (Å²) in [6, 6.07) is 9.90. The van der Waals surface area contributed by atoms with Gasteiger partial charge in [-0.05, 0) is 5.56 Å². The van der Waals surface area contributed by atoms with Crippen LogP contribution in [0.15, 0.2) is 46.9 Å². The predicted octanol–water partition coefficient (Wildman–Crippen LogP) is 3.80. The Bertz CT molecular complexity index is 948. The van der Waals surface area contributed by atoms with Crippen LogP contribution in [0.3, 0.4) is 0 Å². The molecule has 0 amide bonds. The molecule has 1 aromatic carbocycles. The van der Waals surface area contributed by atoms with Crippen LogP contribution in [0.4, 0.5) is 13.2 Å². The highest BCUT2D eigenvalue weighted by Gasteiger charge is 2.33. The molecule has 0 bridgehead atoms. The summed E-state index contributed by atoms with van der Waals surface area (Å²) < 4.78 is 37.9. The van der Waals surface area contributed by atoms with Gasteiger partial charge in [0.15, 0.2) is 11.7 Å². The van der Waals surface area contributed by atoms with Crippen molar-refractivity contribution < 1.29 is 13.2 Å². The largest absolute Gasteiger partial charge is 0.434 e. The summed E-state index contributed by atoms with van der Waals surface area (Å²) in [7, 11) is 3.52. The number of alkyl halides is 3. The molecule has 2 heterocycles. The van der Waals surface area contributed by atoms with Gasteiger partial charge in [0, 0.05) is 32.4 Å². The second-order valence-corrected chi connectivity index (χ2v) is 7.26. The van der Waals surface area contributed by atoms with E-state index >= 15 is 0 Å². The number of imidazole rings is 1. The summed E-state index contributed by atoms with van der Waals surface area (Å²) in [4.78, 5) is 17.4. The van der Waals surface area contributed by atoms with Crippen molar-refractivity contribution in [2.75, 3.05) is 20.6 Å². The minimum Gasteiger partial charge on any atom is -0.356 e. The molecule has 6 nitrogen and oxygen atoms in total. The first-order valence-corrected chi connectivity index (χ1v) is 9.77. The maximum Gasteiger partial charge on any atom is 0.434 e. The zero-order valence-corrected chi connectivity index (χ0v) is 16.8. The van der Waals surface area contributed by atoms with Gasteiger partial charge in [-0.3, -0.25) is 4.99 Å². The zero-order valence-electron chi connectivity index (χ0n) is 16.0. The summed E-state index contributed by atoms with van der Waals surface area (Å²) in [6.45, 7) is 0.928. The van der Waals surface area contributed by atoms with Crippen molar-refractivity contribution in [2.45, 2.75) is 19.1 Å². The quantitative estimate of drug-likeness (QED) is 0.468. The highest BCUT2D eigenvalue weighted by molar-refractivity contribution is 7.09. The lowest BCUT2D eigenvalue weighted by Gasteiger charge is -2.20. The second kappa shape index (κ2) is 9.08. The number of nitrogens with zero attached hydrogens (tertiary/aromatic N) is 4. The number of halogens is 3. The molecule has 29 heavy (non-hydrogen) atoms. The molecule has 0 aliphatic heterocycles. The van der Waals surface area contributed by atoms with E-state index in [-0.39, 0.29) is 0 Å². The molecule has 0 saturated heterocycles. The zero-order chi connectivity index (χ0) is 20.9. The maximum atomic E-state index is 12.6. The third-order valence-electron chi connectivity index (χ3n) is 4.14. The lowest BCUT2D eigenvalue weighted by atomic mass is 10.2. The van der Waals surface area contributed by atoms with Crippen LogP contribution < -0.4 is 5.32 Å². The van der Waals surface area contributed by atoms with Gasteiger partial charge in [-0.1, -0.05) is 30.3 Å². The Hall–Kier alpha value is -2.88. The van der Waals surface area contributed by atoms with Gasteiger partial charge in [-0.2, -0.15) is 13.2 Å². The van der Waals surface area contributed by atoms with E-state index in [1.165, 1.54) is 0 Å². The van der Waals surface area contributed by atoms with E-state index in [0.717, 1.165) is 33.8 Å². The number of aromatic nitrogens is 3. The van der Waals surface area contributed by atoms with Crippen LogP contribution in [0, 0.1) is 0 Å². The number of thiazole rings is 1. The van der Waals surface area contributed by atoms with Gasteiger partial charge in [0.05, 0.1) is 23.4 Å². The van der Waals surface area contributed by atoms with Gasteiger partial charge < -0.3 is 15.2 Å². The van der Waals surface area contributed by atoms with Crippen LogP contribution >= 0.6 is 11.3 Å². The molecule has 0 atom stereocenters. The fourth-order valence-corrected chi connectivity index (χ4v) is 3.53. The Morgan fingerprint density at radius 1 is 1.28 bits per heavy atom. The molecule has 0 aliphatic rings. The number of H-pyrrole nitrogens is 1. The fraction of sp³-hybridized carbons (Fsp3) is 0.316. The number of hydrogen-bond acceptors (Lipinski definition) is 4. The summed E-state index contributed by atoms with van der Waals surface area (Å²) in [5, 5.41) is 4.62. The monoisotopic (exact) mass is 422 g/mol. The van der Waals surface area contributed by atoms with Crippen molar-refractivity contribution in [3.63, 3.8) is 0 Å². The van der Waals surface area contributed by atoms with Crippen LogP contribution in [-0.4, -0.2) is 46.5 Å². The van der Waals surface area contributed by atoms with Crippen LogP contribution in [-0.2, 0) is 19.1 Å². The highest BCUT2D eigenvalue weighted by atomic mass is 32.1. The number of guanidine groups is 1. The molecule has 0 aliphatic carbocycles. The van der Waals surface area contributed by atoms with Crippen LogP contribution in [0.5, 0.6) is 0 Å². The lowest BCUT2D eigenvalue weighted by molar-refractivity contribution is -0.140. The van der Waals surface area contributed by atoms with Crippen molar-refractivity contribution in [3.05, 3.63) is 58.4 Å². The van der Waals surface area contributed by atoms with Gasteiger partial charge in [0.2, 0.25) is 0 Å². The lowest BCUT2D eigenvalue weighted by Crippen LogP contribution is -2.39. The van der Waals surface area contributed by atoms with Crippen LogP contribution in [0.25, 0.3) is 11.3 Å². The van der Waals surface area contributed by atoms with Crippen molar-refractivity contribution >= 4 is 17.3 Å². The normalized spacial score (nSPS) is 12.2. The number of benzene rings is 1. The van der Waals surface area contributed by atoms with E-state index in [4.69, 9.17) is 0 Å². The van der Waals surface area contributed by atoms with E-state index in [0.29, 0.717) is 30.5 Å². The Kier molecular flexibility index (Phi) is 6.53. The number of aromatic amines is 1. The van der Waals surface area contributed by atoms with Gasteiger partial charge in [0.1, 0.15) is 5.82 Å². The van der Waals surface area contributed by atoms with E-state index in [2.05, 4.69) is 25.3 Å². The first kappa shape index (κ1) is 20.8. The van der Waals surface area contributed by atoms with E-state index in [1.807, 2.05) is 42.3 Å². The van der Waals surface area contributed by atoms with Gasteiger partial charge in [0.25, 0.3) is 0 Å². The van der Waals surface area contributed by atoms with Crippen molar-refractivity contribution in [1.82, 2.24) is 25.2 Å². The maximum absolute atomic E-state index is 12.6. The summed E-state index contributed by atoms with van der Waals surface area (Å²) in [5.74, 6) is 1.40. The second-order valence-electron chi connectivity index (χ2n) is 6.31. The van der Waals surface area contributed by atoms with Crippen molar-refractivity contribution in [3.8, 4) is 11.3 Å². The molecule has 0 saturated carbocycles. The molecule has 3 rings (SSSR count). The van der Waals surface area contributed by atoms with E-state index in [9.17, 15) is 13.2 Å². The molecule has 0 fully saturated rings. The first-order valence-electron chi connectivity index (χ1n) is 8.89. The van der Waals surface area contributed by atoms with Crippen molar-refractivity contribution in [1.29, 1.82) is 0 Å². The minimum atomic E-state index is -4.40. The molecule has 0 unspecified atom stereocenters. The molecule has 0 spiro atoms. The number of aliphatic imine (C=N–C) groups is 1. The molecule has 10 heteroatoms. The van der Waals surface area contributed by atoms with E-state index < -0.39 is 11.9 Å². The molecular weight excluding hydrogens is 401 g/mol. The summed E-state index contributed by atoms with van der Waals surface area (Å²) in [6.07, 6.45) is -2.23. The number of rotatable bonds is 6. The molecule has 2 aromatic heterocycles. The minimum absolute atomic E-state index is 0.381.